The van der Waals surface area contributed by atoms with Crippen LogP contribution in [0.2, 0.25) is 0 Å². The van der Waals surface area contributed by atoms with Crippen molar-refractivity contribution in [3.05, 3.63) is 75.1 Å². The molecule has 2 atom stereocenters. The summed E-state index contributed by atoms with van der Waals surface area (Å²) < 4.78 is 0. The maximum absolute atomic E-state index is 6.35. The second-order valence-electron chi connectivity index (χ2n) is 6.41. The maximum Gasteiger partial charge on any atom is 0.0110 e. The summed E-state index contributed by atoms with van der Waals surface area (Å²) in [6, 6.07) is 12.4. The molecule has 0 saturated heterocycles. The maximum atomic E-state index is 6.35. The van der Waals surface area contributed by atoms with E-state index in [1.54, 1.807) is 0 Å². The van der Waals surface area contributed by atoms with Gasteiger partial charge in [0.25, 0.3) is 0 Å². The third kappa shape index (κ3) is 4.92. The quantitative estimate of drug-likeness (QED) is 0.759. The number of nitrogens with zero attached hydrogens (tertiary/aromatic N) is 1. The summed E-state index contributed by atoms with van der Waals surface area (Å²) in [7, 11) is 0. The van der Waals surface area contributed by atoms with Crippen molar-refractivity contribution in [2.45, 2.75) is 39.8 Å². The van der Waals surface area contributed by atoms with Gasteiger partial charge in [-0.15, -0.1) is 13.1 Å². The Morgan fingerprint density at radius 2 is 1.00 bits per heavy atom. The van der Waals surface area contributed by atoms with E-state index < -0.39 is 0 Å². The van der Waals surface area contributed by atoms with Gasteiger partial charge in [0.2, 0.25) is 0 Å². The van der Waals surface area contributed by atoms with Crippen LogP contribution in [0.25, 0.3) is 5.32 Å². The Hall–Kier alpha value is -1.16. The molecule has 0 aliphatic heterocycles. The van der Waals surface area contributed by atoms with E-state index >= 15 is 0 Å². The summed E-state index contributed by atoms with van der Waals surface area (Å²) in [4.78, 5) is 0. The van der Waals surface area contributed by atoms with E-state index in [1.807, 2.05) is 0 Å². The van der Waals surface area contributed by atoms with Crippen LogP contribution in [-0.2, 0) is 17.1 Å². The van der Waals surface area contributed by atoms with Crippen molar-refractivity contribution >= 4 is 0 Å². The topological polar surface area (TPSA) is 66.1 Å². The second kappa shape index (κ2) is 9.36. The zero-order valence-electron chi connectivity index (χ0n) is 15.0. The van der Waals surface area contributed by atoms with Crippen LogP contribution >= 0.6 is 0 Å². The van der Waals surface area contributed by atoms with Crippen LogP contribution in [0.3, 0.4) is 0 Å². The molecule has 4 heteroatoms. The van der Waals surface area contributed by atoms with E-state index in [4.69, 9.17) is 11.5 Å². The molecule has 0 aromatic heterocycles. The molecule has 24 heavy (non-hydrogen) atoms. The van der Waals surface area contributed by atoms with E-state index in [0.717, 1.165) is 0 Å². The fourth-order valence-electron chi connectivity index (χ4n) is 3.36. The number of hydrogen-bond donors (Lipinski definition) is 2. The zero-order chi connectivity index (χ0) is 17.0. The fourth-order valence-corrected chi connectivity index (χ4v) is 3.36. The van der Waals surface area contributed by atoms with Crippen molar-refractivity contribution in [1.29, 1.82) is 0 Å². The number of rotatable bonds is 6. The van der Waals surface area contributed by atoms with Gasteiger partial charge in [-0.1, -0.05) is 36.4 Å². The van der Waals surface area contributed by atoms with E-state index in [0.29, 0.717) is 13.1 Å². The number of benzene rings is 2. The molecular formula is C20H28FeN3-. The minimum absolute atomic E-state index is 0. The molecule has 2 rings (SSSR count). The van der Waals surface area contributed by atoms with E-state index in [2.05, 4.69) is 69.4 Å². The normalized spacial score (nSPS) is 13.2. The van der Waals surface area contributed by atoms with Crippen molar-refractivity contribution < 1.29 is 17.1 Å². The molecule has 0 spiro atoms. The summed E-state index contributed by atoms with van der Waals surface area (Å²) >= 11 is 0. The molecule has 2 aromatic carbocycles. The molecule has 0 aliphatic rings. The van der Waals surface area contributed by atoms with Gasteiger partial charge in [0.05, 0.1) is 0 Å². The first-order chi connectivity index (χ1) is 10.9. The summed E-state index contributed by atoms with van der Waals surface area (Å²) in [6.07, 6.45) is 0. The largest absolute Gasteiger partial charge is 0.659 e. The summed E-state index contributed by atoms with van der Waals surface area (Å²) in [5.41, 5.74) is 20.0. The summed E-state index contributed by atoms with van der Waals surface area (Å²) in [6.45, 7) is 9.61. The van der Waals surface area contributed by atoms with Gasteiger partial charge in [-0.05, 0) is 61.1 Å². The molecule has 0 bridgehead atoms. The second-order valence-corrected chi connectivity index (χ2v) is 6.41. The van der Waals surface area contributed by atoms with Crippen molar-refractivity contribution in [3.8, 4) is 0 Å². The number of hydrogen-bond acceptors (Lipinski definition) is 2. The van der Waals surface area contributed by atoms with Gasteiger partial charge in [0, 0.05) is 29.2 Å². The molecular weight excluding hydrogens is 338 g/mol. The summed E-state index contributed by atoms with van der Waals surface area (Å²) in [5.74, 6) is 0. The standard InChI is InChI=1S/C20H28N3.Fe/c1-13-7-5-8-14(2)19(13)17(21)11-23-12-18(22)20-15(3)9-6-10-16(20)4;/h5-10,17-18H,11-12,21-22H2,1-4H3;/q-1;. The minimum Gasteiger partial charge on any atom is -0.659 e. The molecule has 0 aliphatic carbocycles. The molecule has 0 saturated carbocycles. The average Bonchev–Trinajstić information content (AvgIpc) is 2.46. The first-order valence-corrected chi connectivity index (χ1v) is 8.18. The van der Waals surface area contributed by atoms with E-state index in [1.165, 1.54) is 33.4 Å². The molecule has 4 N–H and O–H groups in total. The predicted molar refractivity (Wildman–Crippen MR) is 98.8 cm³/mol. The van der Waals surface area contributed by atoms with Crippen LogP contribution in [0.15, 0.2) is 36.4 Å². The third-order valence-corrected chi connectivity index (χ3v) is 4.48. The zero-order valence-corrected chi connectivity index (χ0v) is 16.1. The van der Waals surface area contributed by atoms with Crippen LogP contribution in [-0.4, -0.2) is 13.1 Å². The predicted octanol–water partition coefficient (Wildman–Crippen LogP) is 3.99. The van der Waals surface area contributed by atoms with Crippen LogP contribution in [0, 0.1) is 27.7 Å². The van der Waals surface area contributed by atoms with Gasteiger partial charge >= 0.3 is 0 Å². The Morgan fingerprint density at radius 1 is 0.708 bits per heavy atom. The Bertz CT molecular complexity index is 572. The molecule has 0 heterocycles. The Labute approximate surface area is 156 Å². The van der Waals surface area contributed by atoms with Crippen molar-refractivity contribution in [2.75, 3.05) is 13.1 Å². The Morgan fingerprint density at radius 3 is 1.29 bits per heavy atom. The smallest absolute Gasteiger partial charge is 0.0110 e. The van der Waals surface area contributed by atoms with E-state index in [9.17, 15) is 0 Å². The average molecular weight is 366 g/mol. The SMILES string of the molecule is Cc1cccc(C)c1C(N)C[N-]CC(N)c1c(C)cccc1C.[Fe]. The molecule has 2 unspecified atom stereocenters. The Kier molecular flexibility index (Phi) is 8.14. The minimum atomic E-state index is -0.0682. The third-order valence-electron chi connectivity index (χ3n) is 4.48. The van der Waals surface area contributed by atoms with Crippen LogP contribution in [0.1, 0.15) is 45.5 Å². The first kappa shape index (κ1) is 20.9. The fraction of sp³-hybridized carbons (Fsp3) is 0.400. The Balaban J connectivity index is 0.00000288. The molecule has 0 radical (unpaired) electrons. The monoisotopic (exact) mass is 366 g/mol. The van der Waals surface area contributed by atoms with Crippen molar-refractivity contribution in [1.82, 2.24) is 0 Å². The van der Waals surface area contributed by atoms with Gasteiger partial charge in [-0.2, -0.15) is 0 Å². The molecule has 132 valence electrons. The van der Waals surface area contributed by atoms with Gasteiger partial charge in [0.1, 0.15) is 0 Å². The van der Waals surface area contributed by atoms with Crippen LogP contribution < -0.4 is 11.5 Å². The first-order valence-electron chi connectivity index (χ1n) is 8.18. The molecule has 0 fully saturated rings. The van der Waals surface area contributed by atoms with Crippen molar-refractivity contribution in [2.24, 2.45) is 11.5 Å². The van der Waals surface area contributed by atoms with Gasteiger partial charge in [0.15, 0.2) is 0 Å². The van der Waals surface area contributed by atoms with Gasteiger partial charge in [-0.25, -0.2) is 0 Å². The van der Waals surface area contributed by atoms with E-state index in [-0.39, 0.29) is 29.2 Å². The number of nitrogens with two attached hydrogens (primary N) is 2. The van der Waals surface area contributed by atoms with Crippen LogP contribution in [0.5, 0.6) is 0 Å². The van der Waals surface area contributed by atoms with Crippen molar-refractivity contribution in [3.63, 3.8) is 0 Å². The molecule has 2 aromatic rings. The number of aryl methyl sites for hydroxylation is 4. The molecule has 0 amide bonds. The summed E-state index contributed by atoms with van der Waals surface area (Å²) in [5, 5.41) is 4.64. The van der Waals surface area contributed by atoms with Crippen LogP contribution in [0.4, 0.5) is 0 Å². The van der Waals surface area contributed by atoms with Gasteiger partial charge in [-0.3, -0.25) is 0 Å². The molecule has 3 nitrogen and oxygen atoms in total. The van der Waals surface area contributed by atoms with Gasteiger partial charge < -0.3 is 16.8 Å².